The van der Waals surface area contributed by atoms with Crippen LogP contribution in [-0.2, 0) is 9.47 Å². The number of aliphatic imine (C=N–C) groups is 1. The molecule has 1 N–H and O–H groups in total. The number of amidine groups is 1. The second-order valence-electron chi connectivity index (χ2n) is 3.52. The fourth-order valence-corrected chi connectivity index (χ4v) is 2.41. The molecule has 0 aromatic heterocycles. The van der Waals surface area contributed by atoms with E-state index in [2.05, 4.69) is 17.2 Å². The minimum atomic E-state index is 0.0607. The van der Waals surface area contributed by atoms with Crippen LogP contribution in [0.5, 0.6) is 0 Å². The Labute approximate surface area is 95.8 Å². The number of methoxy groups -OCH3 is 2. The lowest BCUT2D eigenvalue weighted by atomic mass is 10.3. The number of thioether (sulfide) groups is 1. The van der Waals surface area contributed by atoms with Crippen molar-refractivity contribution in [3.8, 4) is 0 Å². The molecule has 1 saturated heterocycles. The van der Waals surface area contributed by atoms with Crippen molar-refractivity contribution in [3.05, 3.63) is 0 Å². The van der Waals surface area contributed by atoms with E-state index < -0.39 is 0 Å². The molecule has 15 heavy (non-hydrogen) atoms. The number of rotatable bonds is 6. The van der Waals surface area contributed by atoms with E-state index >= 15 is 0 Å². The van der Waals surface area contributed by atoms with Crippen molar-refractivity contribution in [2.24, 2.45) is 4.99 Å². The predicted octanol–water partition coefficient (Wildman–Crippen LogP) is 1.12. The first kappa shape index (κ1) is 12.8. The van der Waals surface area contributed by atoms with Crippen LogP contribution in [-0.4, -0.2) is 50.4 Å². The van der Waals surface area contributed by atoms with E-state index in [1.807, 2.05) is 0 Å². The summed E-state index contributed by atoms with van der Waals surface area (Å²) in [5.74, 6) is 1.12. The maximum atomic E-state index is 5.23. The SMILES string of the molecule is CCC1CSC(=NCC(COC)OC)N1. The van der Waals surface area contributed by atoms with Crippen molar-refractivity contribution in [1.82, 2.24) is 5.32 Å². The molecule has 0 spiro atoms. The molecule has 2 atom stereocenters. The standard InChI is InChI=1S/C10H20N2O2S/c1-4-8-7-15-10(12-8)11-5-9(14-3)6-13-2/h8-9H,4-7H2,1-3H3,(H,11,12). The lowest BCUT2D eigenvalue weighted by molar-refractivity contribution is 0.0344. The fraction of sp³-hybridized carbons (Fsp3) is 0.900. The average Bonchev–Trinajstić information content (AvgIpc) is 2.72. The van der Waals surface area contributed by atoms with Crippen LogP contribution < -0.4 is 5.32 Å². The highest BCUT2D eigenvalue weighted by Gasteiger charge is 2.18. The van der Waals surface area contributed by atoms with Gasteiger partial charge in [-0.25, -0.2) is 0 Å². The van der Waals surface area contributed by atoms with E-state index in [9.17, 15) is 0 Å². The number of hydrogen-bond donors (Lipinski definition) is 1. The molecule has 0 radical (unpaired) electrons. The van der Waals surface area contributed by atoms with Crippen LogP contribution in [0.4, 0.5) is 0 Å². The van der Waals surface area contributed by atoms with Gasteiger partial charge in [0, 0.05) is 26.0 Å². The van der Waals surface area contributed by atoms with Crippen LogP contribution >= 0.6 is 11.8 Å². The molecule has 0 aromatic carbocycles. The second-order valence-corrected chi connectivity index (χ2v) is 4.53. The number of nitrogens with zero attached hydrogens (tertiary/aromatic N) is 1. The Hall–Kier alpha value is -0.260. The molecule has 1 fully saturated rings. The zero-order valence-corrected chi connectivity index (χ0v) is 10.5. The van der Waals surface area contributed by atoms with Gasteiger partial charge in [0.1, 0.15) is 0 Å². The topological polar surface area (TPSA) is 42.9 Å². The van der Waals surface area contributed by atoms with Gasteiger partial charge < -0.3 is 14.8 Å². The zero-order valence-electron chi connectivity index (χ0n) is 9.66. The van der Waals surface area contributed by atoms with Gasteiger partial charge in [-0.3, -0.25) is 4.99 Å². The predicted molar refractivity (Wildman–Crippen MR) is 64.6 cm³/mol. The van der Waals surface area contributed by atoms with Crippen LogP contribution in [0.3, 0.4) is 0 Å². The highest BCUT2D eigenvalue weighted by molar-refractivity contribution is 8.14. The summed E-state index contributed by atoms with van der Waals surface area (Å²) in [6.45, 7) is 3.44. The minimum Gasteiger partial charge on any atom is -0.382 e. The summed E-state index contributed by atoms with van der Waals surface area (Å²) in [5.41, 5.74) is 0. The van der Waals surface area contributed by atoms with Crippen molar-refractivity contribution in [2.45, 2.75) is 25.5 Å². The summed E-state index contributed by atoms with van der Waals surface area (Å²) in [6.07, 6.45) is 1.21. The van der Waals surface area contributed by atoms with Gasteiger partial charge in [0.05, 0.1) is 19.3 Å². The van der Waals surface area contributed by atoms with Gasteiger partial charge in [0.2, 0.25) is 0 Å². The van der Waals surface area contributed by atoms with E-state index in [0.717, 1.165) is 17.3 Å². The highest BCUT2D eigenvalue weighted by Crippen LogP contribution is 2.15. The summed E-state index contributed by atoms with van der Waals surface area (Å²) in [5, 5.41) is 4.42. The van der Waals surface area contributed by atoms with Crippen LogP contribution in [0.1, 0.15) is 13.3 Å². The van der Waals surface area contributed by atoms with Gasteiger partial charge in [0.15, 0.2) is 5.17 Å². The summed E-state index contributed by atoms with van der Waals surface area (Å²) < 4.78 is 10.3. The lowest BCUT2D eigenvalue weighted by Gasteiger charge is -2.11. The van der Waals surface area contributed by atoms with E-state index in [4.69, 9.17) is 9.47 Å². The van der Waals surface area contributed by atoms with Gasteiger partial charge in [-0.2, -0.15) is 0 Å². The van der Waals surface area contributed by atoms with Crippen molar-refractivity contribution >= 4 is 16.9 Å². The van der Waals surface area contributed by atoms with Crippen molar-refractivity contribution in [1.29, 1.82) is 0 Å². The molecule has 4 nitrogen and oxygen atoms in total. The molecule has 1 aliphatic heterocycles. The number of hydrogen-bond acceptors (Lipinski definition) is 4. The number of ether oxygens (including phenoxy) is 2. The summed E-state index contributed by atoms with van der Waals surface area (Å²) in [4.78, 5) is 4.47. The molecule has 2 unspecified atom stereocenters. The quantitative estimate of drug-likeness (QED) is 0.745. The van der Waals surface area contributed by atoms with Crippen LogP contribution in [0.15, 0.2) is 4.99 Å². The molecular weight excluding hydrogens is 212 g/mol. The highest BCUT2D eigenvalue weighted by atomic mass is 32.2. The van der Waals surface area contributed by atoms with Gasteiger partial charge in [-0.15, -0.1) is 0 Å². The Morgan fingerprint density at radius 2 is 2.40 bits per heavy atom. The monoisotopic (exact) mass is 232 g/mol. The normalized spacial score (nSPS) is 25.5. The van der Waals surface area contributed by atoms with Gasteiger partial charge in [0.25, 0.3) is 0 Å². The Bertz CT molecular complexity index is 212. The largest absolute Gasteiger partial charge is 0.382 e. The molecule has 1 heterocycles. The molecule has 1 aliphatic rings. The van der Waals surface area contributed by atoms with Gasteiger partial charge >= 0.3 is 0 Å². The Morgan fingerprint density at radius 3 is 2.93 bits per heavy atom. The molecule has 1 rings (SSSR count). The smallest absolute Gasteiger partial charge is 0.156 e. The summed E-state index contributed by atoms with van der Waals surface area (Å²) in [7, 11) is 3.36. The maximum Gasteiger partial charge on any atom is 0.156 e. The first-order valence-electron chi connectivity index (χ1n) is 5.25. The average molecular weight is 232 g/mol. The molecule has 0 amide bonds. The Balaban J connectivity index is 2.30. The summed E-state index contributed by atoms with van der Waals surface area (Å²) >= 11 is 1.79. The van der Waals surface area contributed by atoms with Crippen molar-refractivity contribution in [2.75, 3.05) is 33.1 Å². The molecule has 0 aliphatic carbocycles. The van der Waals surface area contributed by atoms with E-state index in [1.54, 1.807) is 26.0 Å². The molecule has 0 aromatic rings. The first-order chi connectivity index (χ1) is 7.30. The molecule has 5 heteroatoms. The third-order valence-electron chi connectivity index (χ3n) is 2.37. The molecule has 0 bridgehead atoms. The third kappa shape index (κ3) is 4.40. The number of nitrogens with one attached hydrogen (secondary N) is 1. The van der Waals surface area contributed by atoms with E-state index in [0.29, 0.717) is 19.2 Å². The third-order valence-corrected chi connectivity index (χ3v) is 3.46. The minimum absolute atomic E-state index is 0.0607. The zero-order chi connectivity index (χ0) is 11.1. The Morgan fingerprint density at radius 1 is 1.60 bits per heavy atom. The molecule has 88 valence electrons. The van der Waals surface area contributed by atoms with Gasteiger partial charge in [-0.1, -0.05) is 18.7 Å². The first-order valence-corrected chi connectivity index (χ1v) is 6.24. The van der Waals surface area contributed by atoms with Crippen LogP contribution in [0.2, 0.25) is 0 Å². The maximum absolute atomic E-state index is 5.23. The van der Waals surface area contributed by atoms with Gasteiger partial charge in [-0.05, 0) is 6.42 Å². The van der Waals surface area contributed by atoms with E-state index in [1.165, 1.54) is 0 Å². The van der Waals surface area contributed by atoms with Crippen molar-refractivity contribution in [3.63, 3.8) is 0 Å². The summed E-state index contributed by atoms with van der Waals surface area (Å²) in [6, 6.07) is 0.581. The second kappa shape index (κ2) is 7.09. The Kier molecular flexibility index (Phi) is 6.05. The van der Waals surface area contributed by atoms with Crippen LogP contribution in [0, 0.1) is 0 Å². The van der Waals surface area contributed by atoms with E-state index in [-0.39, 0.29) is 6.10 Å². The lowest BCUT2D eigenvalue weighted by Crippen LogP contribution is -2.27. The molecular formula is C10H20N2O2S. The van der Waals surface area contributed by atoms with Crippen molar-refractivity contribution < 1.29 is 9.47 Å². The molecule has 0 saturated carbocycles. The fourth-order valence-electron chi connectivity index (χ4n) is 1.31. The van der Waals surface area contributed by atoms with Crippen LogP contribution in [0.25, 0.3) is 0 Å².